The summed E-state index contributed by atoms with van der Waals surface area (Å²) in [6.45, 7) is 5.98. The van der Waals surface area contributed by atoms with Gasteiger partial charge in [0.1, 0.15) is 0 Å². The summed E-state index contributed by atoms with van der Waals surface area (Å²) >= 11 is 6.15. The zero-order valence-corrected chi connectivity index (χ0v) is 19.6. The number of aryl methyl sites for hydroxylation is 1. The van der Waals surface area contributed by atoms with Gasteiger partial charge in [-0.15, -0.1) is 0 Å². The number of piperazine rings is 1. The number of Topliss-reactive ketones (excluding diaryl/α,β-unsaturated/α-hetero) is 1. The second-order valence-electron chi connectivity index (χ2n) is 8.77. The van der Waals surface area contributed by atoms with Crippen LogP contribution in [0.1, 0.15) is 33.2 Å². The summed E-state index contributed by atoms with van der Waals surface area (Å²) in [5.74, 6) is 0.190. The van der Waals surface area contributed by atoms with Crippen LogP contribution in [0.3, 0.4) is 0 Å². The number of para-hydroxylation sites is 1. The number of H-pyrrole nitrogens is 1. The van der Waals surface area contributed by atoms with Crippen molar-refractivity contribution in [3.8, 4) is 0 Å². The third-order valence-corrected chi connectivity index (χ3v) is 6.86. The molecule has 4 aromatic rings. The summed E-state index contributed by atoms with van der Waals surface area (Å²) in [7, 11) is 0. The zero-order chi connectivity index (χ0) is 22.8. The lowest BCUT2D eigenvalue weighted by Gasteiger charge is -2.39. The number of carbonyl (C=O) groups is 1. The molecule has 4 nitrogen and oxygen atoms in total. The zero-order valence-electron chi connectivity index (χ0n) is 18.8. The third kappa shape index (κ3) is 4.60. The van der Waals surface area contributed by atoms with Gasteiger partial charge in [0.2, 0.25) is 0 Å². The normalized spacial score (nSPS) is 16.2. The largest absolute Gasteiger partial charge is 0.358 e. The number of nitrogens with zero attached hydrogens (tertiary/aromatic N) is 2. The molecule has 168 valence electrons. The van der Waals surface area contributed by atoms with Crippen LogP contribution in [-0.4, -0.2) is 53.3 Å². The van der Waals surface area contributed by atoms with Crippen LogP contribution in [0.2, 0.25) is 5.02 Å². The van der Waals surface area contributed by atoms with Crippen molar-refractivity contribution in [3.63, 3.8) is 0 Å². The first-order valence-corrected chi connectivity index (χ1v) is 11.9. The summed E-state index contributed by atoms with van der Waals surface area (Å²) in [5, 5.41) is 1.77. The second kappa shape index (κ2) is 9.52. The summed E-state index contributed by atoms with van der Waals surface area (Å²) < 4.78 is 0. The highest BCUT2D eigenvalue weighted by Gasteiger charge is 2.28. The minimum absolute atomic E-state index is 0.178. The molecule has 1 aromatic heterocycles. The molecule has 5 rings (SSSR count). The molecule has 1 fully saturated rings. The number of hydrogen-bond donors (Lipinski definition) is 1. The van der Waals surface area contributed by atoms with E-state index in [1.54, 1.807) is 0 Å². The highest BCUT2D eigenvalue weighted by molar-refractivity contribution is 6.30. The van der Waals surface area contributed by atoms with Crippen molar-refractivity contribution in [3.05, 3.63) is 106 Å². The molecule has 0 amide bonds. The van der Waals surface area contributed by atoms with E-state index in [1.807, 2.05) is 43.3 Å². The van der Waals surface area contributed by atoms with Gasteiger partial charge in [-0.05, 0) is 36.2 Å². The van der Waals surface area contributed by atoms with Gasteiger partial charge >= 0.3 is 0 Å². The molecule has 0 unspecified atom stereocenters. The Morgan fingerprint density at radius 3 is 2.24 bits per heavy atom. The van der Waals surface area contributed by atoms with Crippen molar-refractivity contribution in [1.82, 2.24) is 14.8 Å². The molecular weight excluding hydrogens is 430 g/mol. The molecule has 0 bridgehead atoms. The highest BCUT2D eigenvalue weighted by atomic mass is 35.5. The first kappa shape index (κ1) is 21.9. The van der Waals surface area contributed by atoms with E-state index in [9.17, 15) is 4.79 Å². The van der Waals surface area contributed by atoms with Gasteiger partial charge in [0.05, 0.1) is 12.6 Å². The lowest BCUT2D eigenvalue weighted by atomic mass is 9.96. The number of ketones is 1. The van der Waals surface area contributed by atoms with E-state index in [0.717, 1.165) is 53.4 Å². The number of nitrogens with one attached hydrogen (secondary N) is 1. The number of halogens is 1. The maximum Gasteiger partial charge on any atom is 0.179 e. The molecule has 1 N–H and O–H groups in total. The fourth-order valence-corrected chi connectivity index (χ4v) is 5.12. The number of carbonyl (C=O) groups excluding carboxylic acids is 1. The molecule has 1 aliphatic rings. The summed E-state index contributed by atoms with van der Waals surface area (Å²) in [6, 6.07) is 27.0. The minimum Gasteiger partial charge on any atom is -0.358 e. The molecule has 1 aliphatic heterocycles. The first-order valence-electron chi connectivity index (χ1n) is 11.5. The van der Waals surface area contributed by atoms with E-state index in [2.05, 4.69) is 57.2 Å². The van der Waals surface area contributed by atoms with Gasteiger partial charge < -0.3 is 4.98 Å². The van der Waals surface area contributed by atoms with Crippen LogP contribution >= 0.6 is 11.6 Å². The van der Waals surface area contributed by atoms with E-state index in [1.165, 1.54) is 11.1 Å². The molecule has 1 saturated heterocycles. The molecule has 33 heavy (non-hydrogen) atoms. The van der Waals surface area contributed by atoms with E-state index < -0.39 is 0 Å². The van der Waals surface area contributed by atoms with Crippen molar-refractivity contribution in [2.45, 2.75) is 13.0 Å². The number of aromatic amines is 1. The Morgan fingerprint density at radius 1 is 0.879 bits per heavy atom. The standard InChI is InChI=1S/C28H28ClN3O/c1-20-27(24-9-5-6-10-25(24)30-20)26(33)19-31-15-17-32(18-16-31)28(21-7-3-2-4-8-21)22-11-13-23(29)14-12-22/h2-14,28,30H,15-19H2,1H3/t28-/m1/s1. The predicted molar refractivity (Wildman–Crippen MR) is 135 cm³/mol. The number of hydrogen-bond acceptors (Lipinski definition) is 3. The van der Waals surface area contributed by atoms with Gasteiger partial charge in [0.25, 0.3) is 0 Å². The smallest absolute Gasteiger partial charge is 0.179 e. The summed E-state index contributed by atoms with van der Waals surface area (Å²) in [5.41, 5.74) is 5.32. The molecule has 1 atom stereocenters. The minimum atomic E-state index is 0.178. The fourth-order valence-electron chi connectivity index (χ4n) is 4.99. The molecular formula is C28H28ClN3O. The van der Waals surface area contributed by atoms with Crippen LogP contribution < -0.4 is 0 Å². The van der Waals surface area contributed by atoms with Crippen molar-refractivity contribution >= 4 is 28.3 Å². The maximum atomic E-state index is 13.2. The first-order chi connectivity index (χ1) is 16.1. The lowest BCUT2D eigenvalue weighted by Crippen LogP contribution is -2.49. The third-order valence-electron chi connectivity index (χ3n) is 6.61. The lowest BCUT2D eigenvalue weighted by molar-refractivity contribution is 0.0809. The van der Waals surface area contributed by atoms with Gasteiger partial charge in [-0.3, -0.25) is 14.6 Å². The number of benzene rings is 3. The van der Waals surface area contributed by atoms with Gasteiger partial charge in [-0.1, -0.05) is 72.3 Å². The van der Waals surface area contributed by atoms with Gasteiger partial charge in [-0.2, -0.15) is 0 Å². The van der Waals surface area contributed by atoms with Crippen molar-refractivity contribution in [2.75, 3.05) is 32.7 Å². The molecule has 0 spiro atoms. The monoisotopic (exact) mass is 457 g/mol. The Balaban J connectivity index is 1.30. The maximum absolute atomic E-state index is 13.2. The van der Waals surface area contributed by atoms with E-state index in [4.69, 9.17) is 11.6 Å². The summed E-state index contributed by atoms with van der Waals surface area (Å²) in [4.78, 5) is 21.4. The molecule has 3 aromatic carbocycles. The molecule has 2 heterocycles. The van der Waals surface area contributed by atoms with Crippen LogP contribution in [0.5, 0.6) is 0 Å². The van der Waals surface area contributed by atoms with Crippen molar-refractivity contribution < 1.29 is 4.79 Å². The van der Waals surface area contributed by atoms with E-state index >= 15 is 0 Å². The molecule has 0 saturated carbocycles. The molecule has 0 aliphatic carbocycles. The number of fused-ring (bicyclic) bond motifs is 1. The average Bonchev–Trinajstić information content (AvgIpc) is 3.18. The predicted octanol–water partition coefficient (Wildman–Crippen LogP) is 5.72. The van der Waals surface area contributed by atoms with Gasteiger partial charge in [-0.25, -0.2) is 0 Å². The van der Waals surface area contributed by atoms with Gasteiger partial charge in [0, 0.05) is 53.4 Å². The quantitative estimate of drug-likeness (QED) is 0.376. The second-order valence-corrected chi connectivity index (χ2v) is 9.21. The Morgan fingerprint density at radius 2 is 1.52 bits per heavy atom. The van der Waals surface area contributed by atoms with Crippen LogP contribution in [0, 0.1) is 6.92 Å². The fraction of sp³-hybridized carbons (Fsp3) is 0.250. The van der Waals surface area contributed by atoms with Crippen LogP contribution in [-0.2, 0) is 0 Å². The van der Waals surface area contributed by atoms with Crippen LogP contribution in [0.25, 0.3) is 10.9 Å². The Hall–Kier alpha value is -2.92. The number of rotatable bonds is 6. The molecule has 5 heteroatoms. The highest BCUT2D eigenvalue weighted by Crippen LogP contribution is 2.30. The van der Waals surface area contributed by atoms with E-state index in [-0.39, 0.29) is 11.8 Å². The van der Waals surface area contributed by atoms with Gasteiger partial charge in [0.15, 0.2) is 5.78 Å². The number of aromatic nitrogens is 1. The van der Waals surface area contributed by atoms with Crippen molar-refractivity contribution in [2.24, 2.45) is 0 Å². The molecule has 0 radical (unpaired) electrons. The van der Waals surface area contributed by atoms with Crippen molar-refractivity contribution in [1.29, 1.82) is 0 Å². The Kier molecular flexibility index (Phi) is 6.32. The average molecular weight is 458 g/mol. The van der Waals surface area contributed by atoms with E-state index in [0.29, 0.717) is 6.54 Å². The van der Waals surface area contributed by atoms with Crippen LogP contribution in [0.4, 0.5) is 0 Å². The Bertz CT molecular complexity index is 1240. The van der Waals surface area contributed by atoms with Crippen LogP contribution in [0.15, 0.2) is 78.9 Å². The Labute approximate surface area is 199 Å². The SMILES string of the molecule is Cc1[nH]c2ccccc2c1C(=O)CN1CCN([C@H](c2ccccc2)c2ccc(Cl)cc2)CC1. The summed E-state index contributed by atoms with van der Waals surface area (Å²) in [6.07, 6.45) is 0. The topological polar surface area (TPSA) is 39.3 Å².